The Kier molecular flexibility index (Phi) is 3.91. The van der Waals surface area contributed by atoms with Crippen LogP contribution in [0.15, 0.2) is 40.5 Å². The fraction of sp³-hybridized carbons (Fsp3) is 0.267. The van der Waals surface area contributed by atoms with Gasteiger partial charge in [0.2, 0.25) is 17.5 Å². The molecular formula is C15H14N6O2S. The Labute approximate surface area is 141 Å². The first-order valence-corrected chi connectivity index (χ1v) is 8.34. The zero-order valence-electron chi connectivity index (χ0n) is 12.6. The van der Waals surface area contributed by atoms with Crippen molar-refractivity contribution >= 4 is 17.4 Å². The normalized spacial score (nSPS) is 14.4. The van der Waals surface area contributed by atoms with Crippen molar-refractivity contribution in [3.63, 3.8) is 0 Å². The summed E-state index contributed by atoms with van der Waals surface area (Å²) in [6, 6.07) is 5.61. The van der Waals surface area contributed by atoms with E-state index in [1.165, 1.54) is 0 Å². The fourth-order valence-electron chi connectivity index (χ4n) is 2.39. The molecule has 122 valence electrons. The number of hydrogen-bond donors (Lipinski definition) is 1. The van der Waals surface area contributed by atoms with Crippen molar-refractivity contribution in [3.8, 4) is 11.6 Å². The molecule has 0 aliphatic carbocycles. The summed E-state index contributed by atoms with van der Waals surface area (Å²) >= 11 is 1.62. The van der Waals surface area contributed by atoms with Gasteiger partial charge in [-0.3, -0.25) is 0 Å². The number of thiophene rings is 1. The molecule has 0 aromatic carbocycles. The molecule has 9 heteroatoms. The van der Waals surface area contributed by atoms with E-state index in [0.717, 1.165) is 4.88 Å². The summed E-state index contributed by atoms with van der Waals surface area (Å²) in [5.74, 6) is 1.37. The zero-order chi connectivity index (χ0) is 16.4. The van der Waals surface area contributed by atoms with Crippen LogP contribution in [-0.4, -0.2) is 44.1 Å². The molecule has 1 saturated heterocycles. The summed E-state index contributed by atoms with van der Waals surface area (Å²) < 4.78 is 5.27. The lowest BCUT2D eigenvalue weighted by Gasteiger charge is -2.36. The average Bonchev–Trinajstić information content (AvgIpc) is 3.24. The van der Waals surface area contributed by atoms with E-state index in [4.69, 9.17) is 4.52 Å². The quantitative estimate of drug-likeness (QED) is 0.778. The Morgan fingerprint density at radius 1 is 1.29 bits per heavy atom. The fourth-order valence-corrected chi connectivity index (χ4v) is 3.04. The predicted octanol–water partition coefficient (Wildman–Crippen LogP) is 1.90. The van der Waals surface area contributed by atoms with Gasteiger partial charge in [-0.15, -0.1) is 11.3 Å². The largest absolute Gasteiger partial charge is 0.338 e. The monoisotopic (exact) mass is 342 g/mol. The van der Waals surface area contributed by atoms with Crippen LogP contribution in [0.2, 0.25) is 0 Å². The van der Waals surface area contributed by atoms with Gasteiger partial charge in [0.15, 0.2) is 0 Å². The van der Waals surface area contributed by atoms with E-state index in [0.29, 0.717) is 37.2 Å². The van der Waals surface area contributed by atoms with Gasteiger partial charge in [0.1, 0.15) is 0 Å². The van der Waals surface area contributed by atoms with E-state index >= 15 is 0 Å². The molecule has 24 heavy (non-hydrogen) atoms. The van der Waals surface area contributed by atoms with Crippen molar-refractivity contribution in [1.29, 1.82) is 0 Å². The van der Waals surface area contributed by atoms with Crippen LogP contribution >= 0.6 is 11.3 Å². The number of carbonyl (C=O) groups is 1. The Hall–Kier alpha value is -2.81. The zero-order valence-corrected chi connectivity index (χ0v) is 13.4. The van der Waals surface area contributed by atoms with E-state index in [1.54, 1.807) is 34.7 Å². The highest BCUT2D eigenvalue weighted by Gasteiger charge is 2.35. The van der Waals surface area contributed by atoms with Crippen LogP contribution < -0.4 is 5.32 Å². The topological polar surface area (TPSA) is 97.0 Å². The second-order valence-electron chi connectivity index (χ2n) is 5.37. The van der Waals surface area contributed by atoms with E-state index < -0.39 is 0 Å². The number of nitrogens with zero attached hydrogens (tertiary/aromatic N) is 5. The van der Waals surface area contributed by atoms with Crippen LogP contribution in [-0.2, 0) is 6.54 Å². The van der Waals surface area contributed by atoms with Crippen LogP contribution in [0.3, 0.4) is 0 Å². The highest BCUT2D eigenvalue weighted by atomic mass is 32.1. The van der Waals surface area contributed by atoms with E-state index in [9.17, 15) is 4.79 Å². The van der Waals surface area contributed by atoms with Gasteiger partial charge < -0.3 is 14.7 Å². The first kappa shape index (κ1) is 14.8. The molecule has 0 unspecified atom stereocenters. The third kappa shape index (κ3) is 2.98. The highest BCUT2D eigenvalue weighted by molar-refractivity contribution is 7.09. The summed E-state index contributed by atoms with van der Waals surface area (Å²) in [5, 5.41) is 8.79. The Morgan fingerprint density at radius 2 is 2.12 bits per heavy atom. The van der Waals surface area contributed by atoms with Gasteiger partial charge in [0.05, 0.1) is 12.5 Å². The summed E-state index contributed by atoms with van der Waals surface area (Å²) in [6.45, 7) is 1.68. The molecule has 3 aromatic rings. The molecule has 0 spiro atoms. The predicted molar refractivity (Wildman–Crippen MR) is 86.2 cm³/mol. The van der Waals surface area contributed by atoms with Gasteiger partial charge in [-0.05, 0) is 17.5 Å². The lowest BCUT2D eigenvalue weighted by molar-refractivity contribution is 0.136. The van der Waals surface area contributed by atoms with Crippen LogP contribution in [0.25, 0.3) is 11.6 Å². The minimum atomic E-state index is -0.0780. The summed E-state index contributed by atoms with van der Waals surface area (Å²) in [4.78, 5) is 27.4. The molecule has 1 aliphatic heterocycles. The van der Waals surface area contributed by atoms with Crippen molar-refractivity contribution in [3.05, 3.63) is 46.7 Å². The second kappa shape index (κ2) is 6.36. The standard InChI is InChI=1S/C15H14N6O2S/c22-15(18-7-11-3-1-6-24-11)21-8-10(9-21)14-19-13(20-23-14)12-16-4-2-5-17-12/h1-6,10H,7-9H2,(H,18,22). The summed E-state index contributed by atoms with van der Waals surface area (Å²) in [7, 11) is 0. The van der Waals surface area contributed by atoms with Crippen LogP contribution in [0.5, 0.6) is 0 Å². The SMILES string of the molecule is O=C(NCc1cccs1)N1CC(c2nc(-c3ncccn3)no2)C1. The number of amides is 2. The molecule has 1 aliphatic rings. The second-order valence-corrected chi connectivity index (χ2v) is 6.40. The maximum atomic E-state index is 12.1. The van der Waals surface area contributed by atoms with Crippen molar-refractivity contribution in [2.75, 3.05) is 13.1 Å². The molecular weight excluding hydrogens is 328 g/mol. The molecule has 3 aromatic heterocycles. The molecule has 2 amide bonds. The van der Waals surface area contributed by atoms with Crippen LogP contribution in [0.4, 0.5) is 4.79 Å². The Balaban J connectivity index is 1.31. The molecule has 1 N–H and O–H groups in total. The molecule has 1 fully saturated rings. The van der Waals surface area contributed by atoms with Crippen molar-refractivity contribution in [2.45, 2.75) is 12.5 Å². The molecule has 4 heterocycles. The van der Waals surface area contributed by atoms with Crippen LogP contribution in [0, 0.1) is 0 Å². The number of nitrogens with one attached hydrogen (secondary N) is 1. The van der Waals surface area contributed by atoms with Crippen molar-refractivity contribution < 1.29 is 9.32 Å². The maximum absolute atomic E-state index is 12.1. The molecule has 0 saturated carbocycles. The van der Waals surface area contributed by atoms with Gasteiger partial charge in [0.25, 0.3) is 0 Å². The van der Waals surface area contributed by atoms with Crippen molar-refractivity contribution in [1.82, 2.24) is 30.3 Å². The number of aromatic nitrogens is 4. The summed E-state index contributed by atoms with van der Waals surface area (Å²) in [6.07, 6.45) is 3.25. The Morgan fingerprint density at radius 3 is 2.88 bits per heavy atom. The molecule has 0 radical (unpaired) electrons. The molecule has 4 rings (SSSR count). The van der Waals surface area contributed by atoms with Gasteiger partial charge in [-0.1, -0.05) is 11.2 Å². The summed E-state index contributed by atoms with van der Waals surface area (Å²) in [5.41, 5.74) is 0. The Bertz CT molecular complexity index is 814. The van der Waals surface area contributed by atoms with E-state index in [-0.39, 0.29) is 11.9 Å². The minimum Gasteiger partial charge on any atom is -0.338 e. The first-order chi connectivity index (χ1) is 11.8. The van der Waals surface area contributed by atoms with E-state index in [2.05, 4.69) is 25.4 Å². The number of rotatable bonds is 4. The maximum Gasteiger partial charge on any atom is 0.317 e. The molecule has 0 bridgehead atoms. The van der Waals surface area contributed by atoms with E-state index in [1.807, 2.05) is 17.5 Å². The van der Waals surface area contributed by atoms with Gasteiger partial charge in [0, 0.05) is 30.4 Å². The lowest BCUT2D eigenvalue weighted by atomic mass is 10.0. The number of urea groups is 1. The van der Waals surface area contributed by atoms with Crippen LogP contribution in [0.1, 0.15) is 16.7 Å². The van der Waals surface area contributed by atoms with Gasteiger partial charge >= 0.3 is 6.03 Å². The third-order valence-corrected chi connectivity index (χ3v) is 4.60. The average molecular weight is 342 g/mol. The van der Waals surface area contributed by atoms with Gasteiger partial charge in [-0.25, -0.2) is 14.8 Å². The van der Waals surface area contributed by atoms with Gasteiger partial charge in [-0.2, -0.15) is 4.98 Å². The van der Waals surface area contributed by atoms with Crippen molar-refractivity contribution in [2.24, 2.45) is 0 Å². The molecule has 0 atom stereocenters. The number of carbonyl (C=O) groups excluding carboxylic acids is 1. The lowest BCUT2D eigenvalue weighted by Crippen LogP contribution is -2.52. The molecule has 8 nitrogen and oxygen atoms in total. The third-order valence-electron chi connectivity index (χ3n) is 3.72. The smallest absolute Gasteiger partial charge is 0.317 e. The first-order valence-electron chi connectivity index (χ1n) is 7.46. The number of likely N-dealkylation sites (tertiary alicyclic amines) is 1. The number of hydrogen-bond acceptors (Lipinski definition) is 7. The highest BCUT2D eigenvalue weighted by Crippen LogP contribution is 2.26. The minimum absolute atomic E-state index is 0.0578.